The van der Waals surface area contributed by atoms with Crippen molar-refractivity contribution >= 4 is 24.2 Å². The van der Waals surface area contributed by atoms with Crippen molar-refractivity contribution in [2.75, 3.05) is 0 Å². The summed E-state index contributed by atoms with van der Waals surface area (Å²) in [6, 6.07) is 0. The minimum atomic E-state index is -0.453. The van der Waals surface area contributed by atoms with Gasteiger partial charge in [0.2, 0.25) is 0 Å². The molecule has 0 aromatic carbocycles. The van der Waals surface area contributed by atoms with E-state index >= 15 is 0 Å². The molecule has 8 heteroatoms. The first-order chi connectivity index (χ1) is 10.2. The summed E-state index contributed by atoms with van der Waals surface area (Å²) in [4.78, 5) is 8.23. The van der Waals surface area contributed by atoms with Gasteiger partial charge in [-0.3, -0.25) is 4.98 Å². The fourth-order valence-corrected chi connectivity index (χ4v) is 2.38. The van der Waals surface area contributed by atoms with Crippen LogP contribution in [0.2, 0.25) is 5.15 Å². The Hall–Kier alpha value is -1.44. The highest BCUT2D eigenvalue weighted by molar-refractivity contribution is 6.62. The van der Waals surface area contributed by atoms with E-state index in [1.165, 1.54) is 6.20 Å². The molecule has 0 saturated carbocycles. The van der Waals surface area contributed by atoms with E-state index < -0.39 is 7.12 Å². The van der Waals surface area contributed by atoms with Crippen LogP contribution in [-0.4, -0.2) is 38.1 Å². The molecule has 0 aliphatic carbocycles. The second-order valence-corrected chi connectivity index (χ2v) is 6.79. The van der Waals surface area contributed by atoms with Crippen LogP contribution in [-0.2, 0) is 9.31 Å². The lowest BCUT2D eigenvalue weighted by molar-refractivity contribution is 0.00578. The molecule has 2 aromatic heterocycles. The van der Waals surface area contributed by atoms with Gasteiger partial charge in [-0.1, -0.05) is 11.6 Å². The summed E-state index contributed by atoms with van der Waals surface area (Å²) in [5.41, 5.74) is 0.921. The number of halogens is 1. The molecule has 0 spiro atoms. The first kappa shape index (κ1) is 15.5. The van der Waals surface area contributed by atoms with Crippen LogP contribution in [0.5, 0.6) is 0 Å². The van der Waals surface area contributed by atoms with Gasteiger partial charge in [0.05, 0.1) is 29.3 Å². The Bertz CT molecular complexity index is 701. The van der Waals surface area contributed by atoms with Crippen molar-refractivity contribution < 1.29 is 9.31 Å². The van der Waals surface area contributed by atoms with Crippen LogP contribution in [0.25, 0.3) is 5.82 Å². The Morgan fingerprint density at radius 3 is 2.36 bits per heavy atom. The van der Waals surface area contributed by atoms with Crippen molar-refractivity contribution in [1.29, 1.82) is 0 Å². The van der Waals surface area contributed by atoms with Gasteiger partial charge in [-0.2, -0.15) is 5.10 Å². The van der Waals surface area contributed by atoms with Crippen molar-refractivity contribution in [3.8, 4) is 5.82 Å². The van der Waals surface area contributed by atoms with Crippen LogP contribution in [0.4, 0.5) is 0 Å². The second kappa shape index (κ2) is 5.04. The lowest BCUT2D eigenvalue weighted by Crippen LogP contribution is -2.41. The van der Waals surface area contributed by atoms with E-state index in [0.717, 1.165) is 11.2 Å². The average molecular weight is 321 g/mol. The fourth-order valence-electron chi connectivity index (χ4n) is 2.24. The van der Waals surface area contributed by atoms with Crippen molar-refractivity contribution in [2.45, 2.75) is 45.8 Å². The third kappa shape index (κ3) is 2.53. The molecule has 22 heavy (non-hydrogen) atoms. The SMILES string of the molecule is Cc1nn(-c2cncc(Cl)n2)cc1B1OC(C)(C)C(C)(C)O1. The Kier molecular flexibility index (Phi) is 3.54. The summed E-state index contributed by atoms with van der Waals surface area (Å²) in [5.74, 6) is 0.554. The van der Waals surface area contributed by atoms with Gasteiger partial charge in [0, 0.05) is 11.7 Å². The quantitative estimate of drug-likeness (QED) is 0.791. The Labute approximate surface area is 135 Å². The minimum Gasteiger partial charge on any atom is -0.399 e. The van der Waals surface area contributed by atoms with Gasteiger partial charge in [0.15, 0.2) is 5.82 Å². The topological polar surface area (TPSA) is 62.1 Å². The van der Waals surface area contributed by atoms with Crippen molar-refractivity contribution in [1.82, 2.24) is 19.7 Å². The molecule has 0 radical (unpaired) electrons. The molecule has 1 saturated heterocycles. The highest BCUT2D eigenvalue weighted by atomic mass is 35.5. The van der Waals surface area contributed by atoms with Crippen LogP contribution in [0, 0.1) is 6.92 Å². The van der Waals surface area contributed by atoms with Gasteiger partial charge in [-0.05, 0) is 34.6 Å². The average Bonchev–Trinajstić information content (AvgIpc) is 2.88. The maximum absolute atomic E-state index is 6.07. The van der Waals surface area contributed by atoms with Crippen LogP contribution < -0.4 is 5.46 Å². The molecule has 0 amide bonds. The molecule has 2 aromatic rings. The van der Waals surface area contributed by atoms with E-state index in [-0.39, 0.29) is 11.2 Å². The predicted octanol–water partition coefficient (Wildman–Crippen LogP) is 1.92. The molecule has 1 fully saturated rings. The van der Waals surface area contributed by atoms with Crippen LogP contribution in [0.3, 0.4) is 0 Å². The van der Waals surface area contributed by atoms with Crippen LogP contribution >= 0.6 is 11.6 Å². The maximum Gasteiger partial charge on any atom is 0.498 e. The normalized spacial score (nSPS) is 19.6. The van der Waals surface area contributed by atoms with E-state index in [4.69, 9.17) is 20.9 Å². The van der Waals surface area contributed by atoms with E-state index in [9.17, 15) is 0 Å². The third-order valence-electron chi connectivity index (χ3n) is 4.27. The lowest BCUT2D eigenvalue weighted by atomic mass is 9.79. The third-order valence-corrected chi connectivity index (χ3v) is 4.45. The highest BCUT2D eigenvalue weighted by Crippen LogP contribution is 2.36. The Morgan fingerprint density at radius 1 is 1.14 bits per heavy atom. The fraction of sp³-hybridized carbons (Fsp3) is 0.500. The van der Waals surface area contributed by atoms with Crippen molar-refractivity contribution in [3.63, 3.8) is 0 Å². The molecule has 6 nitrogen and oxygen atoms in total. The lowest BCUT2D eigenvalue weighted by Gasteiger charge is -2.32. The summed E-state index contributed by atoms with van der Waals surface area (Å²) < 4.78 is 13.8. The van der Waals surface area contributed by atoms with E-state index in [1.807, 2.05) is 40.8 Å². The number of aromatic nitrogens is 4. The first-order valence-corrected chi connectivity index (χ1v) is 7.47. The second-order valence-electron chi connectivity index (χ2n) is 6.40. The summed E-state index contributed by atoms with van der Waals surface area (Å²) >= 11 is 5.88. The Morgan fingerprint density at radius 2 is 1.77 bits per heavy atom. The van der Waals surface area contributed by atoms with Gasteiger partial charge in [-0.25, -0.2) is 9.67 Å². The molecule has 1 aliphatic rings. The summed E-state index contributed by atoms with van der Waals surface area (Å²) in [7, 11) is -0.453. The van der Waals surface area contributed by atoms with E-state index in [0.29, 0.717) is 11.0 Å². The number of hydrogen-bond acceptors (Lipinski definition) is 5. The molecule has 116 valence electrons. The highest BCUT2D eigenvalue weighted by Gasteiger charge is 2.52. The number of aryl methyl sites for hydroxylation is 1. The predicted molar refractivity (Wildman–Crippen MR) is 84.6 cm³/mol. The van der Waals surface area contributed by atoms with Gasteiger partial charge in [0.1, 0.15) is 5.15 Å². The molecule has 0 atom stereocenters. The van der Waals surface area contributed by atoms with Gasteiger partial charge >= 0.3 is 7.12 Å². The molecular weight excluding hydrogens is 302 g/mol. The minimum absolute atomic E-state index is 0.322. The largest absolute Gasteiger partial charge is 0.498 e. The molecule has 1 aliphatic heterocycles. The standard InChI is InChI=1S/C14H18BClN4O2/c1-9-10(15-21-13(2,3)14(4,5)22-15)8-20(19-9)12-7-17-6-11(16)18-12/h6-8H,1-5H3. The maximum atomic E-state index is 6.07. The molecule has 0 N–H and O–H groups in total. The number of nitrogens with zero attached hydrogens (tertiary/aromatic N) is 4. The molecule has 0 bridgehead atoms. The monoisotopic (exact) mass is 320 g/mol. The van der Waals surface area contributed by atoms with E-state index in [2.05, 4.69) is 15.1 Å². The summed E-state index contributed by atoms with van der Waals surface area (Å²) in [6.45, 7) is 10.0. The van der Waals surface area contributed by atoms with Crippen molar-refractivity contribution in [2.24, 2.45) is 0 Å². The van der Waals surface area contributed by atoms with E-state index in [1.54, 1.807) is 10.9 Å². The Balaban J connectivity index is 1.94. The molecule has 0 unspecified atom stereocenters. The smallest absolute Gasteiger partial charge is 0.399 e. The van der Waals surface area contributed by atoms with Gasteiger partial charge < -0.3 is 9.31 Å². The summed E-state index contributed by atoms with van der Waals surface area (Å²) in [6.07, 6.45) is 4.93. The zero-order valence-corrected chi connectivity index (χ0v) is 14.0. The van der Waals surface area contributed by atoms with Crippen molar-refractivity contribution in [3.05, 3.63) is 29.4 Å². The van der Waals surface area contributed by atoms with Gasteiger partial charge in [-0.15, -0.1) is 0 Å². The van der Waals surface area contributed by atoms with Crippen LogP contribution in [0.1, 0.15) is 33.4 Å². The summed E-state index contributed by atoms with van der Waals surface area (Å²) in [5, 5.41) is 4.78. The molecular formula is C14H18BClN4O2. The number of hydrogen-bond donors (Lipinski definition) is 0. The zero-order chi connectivity index (χ0) is 16.1. The van der Waals surface area contributed by atoms with Crippen LogP contribution in [0.15, 0.2) is 18.6 Å². The zero-order valence-electron chi connectivity index (χ0n) is 13.3. The molecule has 3 heterocycles. The van der Waals surface area contributed by atoms with Gasteiger partial charge in [0.25, 0.3) is 0 Å². The molecule has 3 rings (SSSR count). The first-order valence-electron chi connectivity index (χ1n) is 7.09. The number of rotatable bonds is 2.